The molecule has 1 aromatic carbocycles. The van der Waals surface area contributed by atoms with Crippen molar-refractivity contribution < 1.29 is 13.2 Å². The summed E-state index contributed by atoms with van der Waals surface area (Å²) in [6.45, 7) is 0. The van der Waals surface area contributed by atoms with Crippen molar-refractivity contribution in [2.24, 2.45) is 0 Å². The maximum Gasteiger partial charge on any atom is 0.235 e. The molecule has 0 spiro atoms. The first-order valence-corrected chi connectivity index (χ1v) is 6.99. The number of methoxy groups -OCH3 is 1. The maximum atomic E-state index is 10.9. The minimum Gasteiger partial charge on any atom is -0.376 e. The lowest BCUT2D eigenvalue weighted by molar-refractivity contribution is 0.122. The van der Waals surface area contributed by atoms with E-state index >= 15 is 0 Å². The fraction of sp³-hybridized carbons (Fsp3) is 0.333. The molecule has 0 saturated carbocycles. The van der Waals surface area contributed by atoms with Crippen molar-refractivity contribution in [1.82, 2.24) is 0 Å². The smallest absolute Gasteiger partial charge is 0.235 e. The molecule has 0 aliphatic carbocycles. The lowest BCUT2D eigenvalue weighted by Gasteiger charge is -2.14. The molecule has 0 fully saturated rings. The fourth-order valence-corrected chi connectivity index (χ4v) is 2.48. The van der Waals surface area contributed by atoms with Crippen LogP contribution in [0.3, 0.4) is 0 Å². The minimum absolute atomic E-state index is 0.297. The van der Waals surface area contributed by atoms with E-state index < -0.39 is 15.2 Å². The highest BCUT2D eigenvalue weighted by molar-refractivity contribution is 8.13. The summed E-state index contributed by atoms with van der Waals surface area (Å²) in [5.74, 6) is -0.297. The van der Waals surface area contributed by atoms with Crippen LogP contribution in [-0.4, -0.2) is 21.3 Å². The predicted molar refractivity (Wildman–Crippen MR) is 60.8 cm³/mol. The van der Waals surface area contributed by atoms with Gasteiger partial charge in [-0.05, 0) is 6.07 Å². The van der Waals surface area contributed by atoms with Gasteiger partial charge in [0, 0.05) is 28.4 Å². The van der Waals surface area contributed by atoms with Gasteiger partial charge >= 0.3 is 0 Å². The van der Waals surface area contributed by atoms with E-state index in [1.165, 1.54) is 7.11 Å². The van der Waals surface area contributed by atoms with Crippen molar-refractivity contribution in [3.63, 3.8) is 0 Å². The number of hydrogen-bond acceptors (Lipinski definition) is 3. The summed E-state index contributed by atoms with van der Waals surface area (Å²) in [5, 5.41) is 0.463. The Balaban J connectivity index is 2.98. The second kappa shape index (κ2) is 5.16. The highest BCUT2D eigenvalue weighted by Crippen LogP contribution is 2.26. The highest BCUT2D eigenvalue weighted by atomic mass is 35.7. The van der Waals surface area contributed by atoms with Crippen LogP contribution in [0.5, 0.6) is 0 Å². The molecule has 84 valence electrons. The van der Waals surface area contributed by atoms with E-state index in [2.05, 4.69) is 0 Å². The Morgan fingerprint density at radius 1 is 1.40 bits per heavy atom. The zero-order valence-electron chi connectivity index (χ0n) is 7.98. The van der Waals surface area contributed by atoms with Crippen LogP contribution in [-0.2, 0) is 13.8 Å². The quantitative estimate of drug-likeness (QED) is 0.789. The molecule has 1 aromatic rings. The average Bonchev–Trinajstić information content (AvgIpc) is 2.14. The third-order valence-corrected chi connectivity index (χ3v) is 3.31. The Kier molecular flexibility index (Phi) is 4.40. The highest BCUT2D eigenvalue weighted by Gasteiger charge is 2.20. The van der Waals surface area contributed by atoms with E-state index in [0.717, 1.165) is 0 Å². The second-order valence-electron chi connectivity index (χ2n) is 2.95. The second-order valence-corrected chi connectivity index (χ2v) is 6.18. The minimum atomic E-state index is -3.61. The van der Waals surface area contributed by atoms with Crippen LogP contribution in [0.1, 0.15) is 11.7 Å². The van der Waals surface area contributed by atoms with Crippen LogP contribution < -0.4 is 0 Å². The third kappa shape index (κ3) is 3.99. The third-order valence-electron chi connectivity index (χ3n) is 1.89. The van der Waals surface area contributed by atoms with Crippen molar-refractivity contribution in [3.8, 4) is 0 Å². The van der Waals surface area contributed by atoms with E-state index in [1.807, 2.05) is 0 Å². The molecule has 0 aliphatic heterocycles. The van der Waals surface area contributed by atoms with E-state index in [0.29, 0.717) is 10.6 Å². The molecule has 1 unspecified atom stereocenters. The van der Waals surface area contributed by atoms with Gasteiger partial charge in [-0.15, -0.1) is 0 Å². The lowest BCUT2D eigenvalue weighted by atomic mass is 10.1. The van der Waals surface area contributed by atoms with Crippen LogP contribution in [0.25, 0.3) is 0 Å². The van der Waals surface area contributed by atoms with Crippen LogP contribution in [0.4, 0.5) is 0 Å². The number of hydrogen-bond donors (Lipinski definition) is 0. The summed E-state index contributed by atoms with van der Waals surface area (Å²) in [6.07, 6.45) is -0.638. The van der Waals surface area contributed by atoms with Crippen LogP contribution in [0, 0.1) is 0 Å². The Bertz CT molecular complexity index is 431. The van der Waals surface area contributed by atoms with Crippen molar-refractivity contribution >= 4 is 31.3 Å². The molecule has 0 aromatic heterocycles. The van der Waals surface area contributed by atoms with Crippen molar-refractivity contribution in [1.29, 1.82) is 0 Å². The first kappa shape index (κ1) is 12.8. The van der Waals surface area contributed by atoms with E-state index in [4.69, 9.17) is 27.0 Å². The SMILES string of the molecule is COC(CS(=O)(=O)Cl)c1ccccc1Cl. The molecule has 0 amide bonds. The molecule has 0 aliphatic rings. The summed E-state index contributed by atoms with van der Waals surface area (Å²) < 4.78 is 26.9. The van der Waals surface area contributed by atoms with Crippen LogP contribution >= 0.6 is 22.3 Å². The van der Waals surface area contributed by atoms with Gasteiger partial charge in [0.1, 0.15) is 0 Å². The van der Waals surface area contributed by atoms with E-state index in [9.17, 15) is 8.42 Å². The van der Waals surface area contributed by atoms with Crippen LogP contribution in [0.2, 0.25) is 5.02 Å². The monoisotopic (exact) mass is 268 g/mol. The van der Waals surface area contributed by atoms with Gasteiger partial charge in [0.05, 0.1) is 11.9 Å². The van der Waals surface area contributed by atoms with Gasteiger partial charge in [0.25, 0.3) is 0 Å². The zero-order chi connectivity index (χ0) is 11.5. The normalized spacial score (nSPS) is 13.8. The van der Waals surface area contributed by atoms with Crippen LogP contribution in [0.15, 0.2) is 24.3 Å². The summed E-state index contributed by atoms with van der Waals surface area (Å²) in [5.41, 5.74) is 0.617. The molecule has 0 heterocycles. The molecule has 1 atom stereocenters. The summed E-state index contributed by atoms with van der Waals surface area (Å²) in [4.78, 5) is 0. The van der Waals surface area contributed by atoms with Gasteiger partial charge in [-0.1, -0.05) is 29.8 Å². The van der Waals surface area contributed by atoms with Crippen molar-refractivity contribution in [2.45, 2.75) is 6.10 Å². The molecule has 6 heteroatoms. The van der Waals surface area contributed by atoms with E-state index in [1.54, 1.807) is 24.3 Å². The van der Waals surface area contributed by atoms with Gasteiger partial charge in [0.2, 0.25) is 9.05 Å². The van der Waals surface area contributed by atoms with Crippen molar-refractivity contribution in [3.05, 3.63) is 34.9 Å². The first-order chi connectivity index (χ1) is 6.94. The molecule has 1 rings (SSSR count). The van der Waals surface area contributed by atoms with E-state index in [-0.39, 0.29) is 5.75 Å². The zero-order valence-corrected chi connectivity index (χ0v) is 10.3. The Hall–Kier alpha value is -0.290. The largest absolute Gasteiger partial charge is 0.376 e. The fourth-order valence-electron chi connectivity index (χ4n) is 1.20. The molecule has 3 nitrogen and oxygen atoms in total. The number of rotatable bonds is 4. The molecule has 0 bridgehead atoms. The van der Waals surface area contributed by atoms with Crippen molar-refractivity contribution in [2.75, 3.05) is 12.9 Å². The standard InChI is InChI=1S/C9H10Cl2O3S/c1-14-9(6-15(11,12)13)7-4-2-3-5-8(7)10/h2-5,9H,6H2,1H3. The van der Waals surface area contributed by atoms with Gasteiger partial charge in [0.15, 0.2) is 0 Å². The van der Waals surface area contributed by atoms with Gasteiger partial charge in [-0.3, -0.25) is 0 Å². The molecular weight excluding hydrogens is 259 g/mol. The maximum absolute atomic E-state index is 10.9. The Morgan fingerprint density at radius 3 is 2.47 bits per heavy atom. The Labute approximate surface area is 98.4 Å². The molecule has 0 radical (unpaired) electrons. The summed E-state index contributed by atoms with van der Waals surface area (Å²) in [7, 11) is 2.96. The first-order valence-electron chi connectivity index (χ1n) is 4.13. The number of ether oxygens (including phenoxy) is 1. The lowest BCUT2D eigenvalue weighted by Crippen LogP contribution is -2.12. The summed E-state index contributed by atoms with van der Waals surface area (Å²) in [6, 6.07) is 6.89. The van der Waals surface area contributed by atoms with Gasteiger partial charge < -0.3 is 4.74 Å². The molecule has 15 heavy (non-hydrogen) atoms. The molecular formula is C9H10Cl2O3S. The van der Waals surface area contributed by atoms with Gasteiger partial charge in [-0.2, -0.15) is 0 Å². The summed E-state index contributed by atoms with van der Waals surface area (Å²) >= 11 is 5.91. The number of benzene rings is 1. The predicted octanol–water partition coefficient (Wildman–Crippen LogP) is 2.60. The average molecular weight is 269 g/mol. The Morgan fingerprint density at radius 2 is 2.00 bits per heavy atom. The van der Waals surface area contributed by atoms with Gasteiger partial charge in [-0.25, -0.2) is 8.42 Å². The molecule has 0 saturated heterocycles. The molecule has 0 N–H and O–H groups in total. The topological polar surface area (TPSA) is 43.4 Å². The number of halogens is 2.